The van der Waals surface area contributed by atoms with Gasteiger partial charge in [0, 0.05) is 5.56 Å². The second-order valence-electron chi connectivity index (χ2n) is 5.60. The summed E-state index contributed by atoms with van der Waals surface area (Å²) in [5.41, 5.74) is 2.34. The minimum atomic E-state index is -4.19. The van der Waals surface area contributed by atoms with Crippen molar-refractivity contribution in [3.63, 3.8) is 0 Å². The van der Waals surface area contributed by atoms with Gasteiger partial charge in [0.2, 0.25) is 9.84 Å². The van der Waals surface area contributed by atoms with Gasteiger partial charge >= 0.3 is 0 Å². The van der Waals surface area contributed by atoms with Crippen LogP contribution >= 0.6 is 0 Å². The van der Waals surface area contributed by atoms with Crippen molar-refractivity contribution in [1.29, 1.82) is 0 Å². The van der Waals surface area contributed by atoms with Gasteiger partial charge in [0.05, 0.1) is 0 Å². The molecule has 0 saturated heterocycles. The molecule has 1 aliphatic heterocycles. The molecule has 0 aromatic heterocycles. The van der Waals surface area contributed by atoms with Gasteiger partial charge in [-0.15, -0.1) is 0 Å². The van der Waals surface area contributed by atoms with E-state index >= 15 is 0 Å². The highest BCUT2D eigenvalue weighted by atomic mass is 32.2. The maximum Gasteiger partial charge on any atom is 0.262 e. The molecule has 1 aliphatic rings. The largest absolute Gasteiger partial charge is 0.451 e. The minimum absolute atomic E-state index is 0.131. The van der Waals surface area contributed by atoms with Crippen molar-refractivity contribution in [3.05, 3.63) is 89.6 Å². The van der Waals surface area contributed by atoms with Gasteiger partial charge in [0.15, 0.2) is 5.76 Å². The quantitative estimate of drug-likeness (QED) is 0.664. The van der Waals surface area contributed by atoms with Gasteiger partial charge in [-0.3, -0.25) is 0 Å². The van der Waals surface area contributed by atoms with Crippen molar-refractivity contribution in [2.45, 2.75) is 4.90 Å². The third-order valence-electron chi connectivity index (χ3n) is 4.02. The predicted molar refractivity (Wildman–Crippen MR) is 94.2 cm³/mol. The summed E-state index contributed by atoms with van der Waals surface area (Å²) in [5, 5.41) is -1.27. The Morgan fingerprint density at radius 3 is 1.96 bits per heavy atom. The van der Waals surface area contributed by atoms with Crippen LogP contribution in [0.1, 0.15) is 5.56 Å². The van der Waals surface area contributed by atoms with E-state index in [4.69, 9.17) is 4.74 Å². The number of sulfone groups is 1. The molecule has 0 aliphatic carbocycles. The Labute approximate surface area is 144 Å². The number of hydrogen-bond donors (Lipinski definition) is 0. The van der Waals surface area contributed by atoms with E-state index in [1.165, 1.54) is 18.2 Å². The van der Waals surface area contributed by atoms with E-state index in [1.807, 2.05) is 30.3 Å². The molecule has 4 rings (SSSR count). The zero-order valence-electron chi connectivity index (χ0n) is 13.0. The Morgan fingerprint density at radius 2 is 1.24 bits per heavy atom. The highest BCUT2D eigenvalue weighted by molar-refractivity contribution is 7.95. The lowest BCUT2D eigenvalue weighted by Crippen LogP contribution is -2.14. The minimum Gasteiger partial charge on any atom is -0.451 e. The van der Waals surface area contributed by atoms with Gasteiger partial charge in [0.1, 0.15) is 10.6 Å². The molecule has 0 spiro atoms. The second kappa shape index (κ2) is 5.86. The van der Waals surface area contributed by atoms with Crippen LogP contribution in [-0.4, -0.2) is 8.42 Å². The van der Waals surface area contributed by atoms with E-state index in [-0.39, 0.29) is 16.4 Å². The van der Waals surface area contributed by atoms with E-state index in [1.54, 1.807) is 30.3 Å². The monoisotopic (exact) mass is 352 g/mol. The molecule has 0 saturated carbocycles. The molecule has 3 aromatic rings. The fourth-order valence-corrected chi connectivity index (χ4v) is 3.97. The average molecular weight is 352 g/mol. The van der Waals surface area contributed by atoms with Gasteiger partial charge in [-0.25, -0.2) is 8.42 Å². The lowest BCUT2D eigenvalue weighted by atomic mass is 10.0. The summed E-state index contributed by atoms with van der Waals surface area (Å²) in [6.45, 7) is 0. The van der Waals surface area contributed by atoms with E-state index in [0.717, 1.165) is 11.1 Å². The molecule has 0 atom stereocenters. The Hall–Kier alpha value is -2.92. The summed E-state index contributed by atoms with van der Waals surface area (Å²) in [7, 11) is -4.19. The summed E-state index contributed by atoms with van der Waals surface area (Å²) in [5.74, 6) is -0.149. The van der Waals surface area contributed by atoms with Crippen molar-refractivity contribution in [2.75, 3.05) is 0 Å². The van der Waals surface area contributed by atoms with Gasteiger partial charge in [0.25, 0.3) is 5.16 Å². The van der Waals surface area contributed by atoms with Crippen molar-refractivity contribution >= 4 is 15.6 Å². The number of fused-ring (bicyclic) bond motifs is 1. The van der Waals surface area contributed by atoms with Gasteiger partial charge < -0.3 is 4.74 Å². The SMILES string of the molecule is O=S1(=O)C(F)=C(c2ccc(-c3ccccc3)cc2)Oc2ccccc21. The maximum absolute atomic E-state index is 14.6. The molecule has 25 heavy (non-hydrogen) atoms. The van der Waals surface area contributed by atoms with Crippen LogP contribution in [0.3, 0.4) is 0 Å². The van der Waals surface area contributed by atoms with Crippen LogP contribution in [0.4, 0.5) is 4.39 Å². The molecular weight excluding hydrogens is 339 g/mol. The molecule has 0 amide bonds. The molecule has 1 heterocycles. The molecule has 3 aromatic carbocycles. The number of ether oxygens (including phenoxy) is 1. The number of halogens is 1. The highest BCUT2D eigenvalue weighted by Gasteiger charge is 2.34. The summed E-state index contributed by atoms with van der Waals surface area (Å²) in [6.07, 6.45) is 0. The fourth-order valence-electron chi connectivity index (χ4n) is 2.74. The van der Waals surface area contributed by atoms with Crippen LogP contribution in [0.2, 0.25) is 0 Å². The predicted octanol–water partition coefficient (Wildman–Crippen LogP) is 4.82. The Morgan fingerprint density at radius 1 is 0.680 bits per heavy atom. The second-order valence-corrected chi connectivity index (χ2v) is 7.40. The first-order valence-corrected chi connectivity index (χ1v) is 9.13. The summed E-state index contributed by atoms with van der Waals surface area (Å²) in [6, 6.07) is 22.7. The van der Waals surface area contributed by atoms with Crippen LogP contribution in [0, 0.1) is 0 Å². The van der Waals surface area contributed by atoms with Crippen molar-refractivity contribution in [1.82, 2.24) is 0 Å². The van der Waals surface area contributed by atoms with Crippen LogP contribution < -0.4 is 4.74 Å². The summed E-state index contributed by atoms with van der Waals surface area (Å²) >= 11 is 0. The van der Waals surface area contributed by atoms with Gasteiger partial charge in [-0.05, 0) is 23.3 Å². The highest BCUT2D eigenvalue weighted by Crippen LogP contribution is 2.40. The van der Waals surface area contributed by atoms with Gasteiger partial charge in [-0.2, -0.15) is 4.39 Å². The first-order valence-electron chi connectivity index (χ1n) is 7.65. The van der Waals surface area contributed by atoms with E-state index < -0.39 is 15.0 Å². The van der Waals surface area contributed by atoms with Crippen LogP contribution in [0.25, 0.3) is 16.9 Å². The van der Waals surface area contributed by atoms with Crippen LogP contribution in [0.15, 0.2) is 88.9 Å². The van der Waals surface area contributed by atoms with Gasteiger partial charge in [-0.1, -0.05) is 66.7 Å². The standard InChI is InChI=1S/C20H13FO3S/c21-20-19(24-17-8-4-5-9-18(17)25(20,22)23)16-12-10-15(11-13-16)14-6-2-1-3-7-14/h1-13H. The molecule has 124 valence electrons. The zero-order chi connectivity index (χ0) is 17.4. The first-order chi connectivity index (χ1) is 12.1. The van der Waals surface area contributed by atoms with E-state index in [0.29, 0.717) is 5.56 Å². The van der Waals surface area contributed by atoms with Crippen molar-refractivity contribution in [3.8, 4) is 16.9 Å². The third kappa shape index (κ3) is 2.62. The third-order valence-corrected chi connectivity index (χ3v) is 5.59. The van der Waals surface area contributed by atoms with Crippen molar-refractivity contribution in [2.24, 2.45) is 0 Å². The molecule has 0 bridgehead atoms. The molecule has 3 nitrogen and oxygen atoms in total. The first kappa shape index (κ1) is 15.6. The molecule has 0 radical (unpaired) electrons. The summed E-state index contributed by atoms with van der Waals surface area (Å²) in [4.78, 5) is -0.155. The molecule has 0 fully saturated rings. The fraction of sp³-hybridized carbons (Fsp3) is 0. The average Bonchev–Trinajstić information content (AvgIpc) is 2.66. The lowest BCUT2D eigenvalue weighted by Gasteiger charge is -2.19. The lowest BCUT2D eigenvalue weighted by molar-refractivity contribution is 0.465. The van der Waals surface area contributed by atoms with Crippen LogP contribution in [-0.2, 0) is 9.84 Å². The van der Waals surface area contributed by atoms with Crippen molar-refractivity contribution < 1.29 is 17.5 Å². The summed E-state index contributed by atoms with van der Waals surface area (Å²) < 4.78 is 44.8. The molecule has 5 heteroatoms. The van der Waals surface area contributed by atoms with E-state index in [9.17, 15) is 12.8 Å². The molecular formula is C20H13FO3S. The number of para-hydroxylation sites is 1. The maximum atomic E-state index is 14.6. The topological polar surface area (TPSA) is 43.4 Å². The molecule has 0 N–H and O–H groups in total. The Kier molecular flexibility index (Phi) is 3.66. The smallest absolute Gasteiger partial charge is 0.262 e. The Bertz CT molecular complexity index is 1070. The zero-order valence-corrected chi connectivity index (χ0v) is 13.8. The number of benzene rings is 3. The number of rotatable bonds is 2. The molecule has 0 unspecified atom stereocenters. The normalized spacial score (nSPS) is 15.4. The van der Waals surface area contributed by atoms with E-state index in [2.05, 4.69) is 0 Å². The van der Waals surface area contributed by atoms with Crippen LogP contribution in [0.5, 0.6) is 5.75 Å². The Balaban J connectivity index is 1.78. The number of hydrogen-bond acceptors (Lipinski definition) is 3.